The van der Waals surface area contributed by atoms with Crippen molar-refractivity contribution in [1.82, 2.24) is 4.90 Å². The van der Waals surface area contributed by atoms with Crippen LogP contribution in [0.3, 0.4) is 0 Å². The molecule has 3 nitrogen and oxygen atoms in total. The minimum absolute atomic E-state index is 0.0417. The van der Waals surface area contributed by atoms with Crippen LogP contribution in [0.15, 0.2) is 48.6 Å². The monoisotopic (exact) mass is 467 g/mol. The van der Waals surface area contributed by atoms with E-state index in [2.05, 4.69) is 67.4 Å². The summed E-state index contributed by atoms with van der Waals surface area (Å²) in [6.07, 6.45) is 26.4. The number of esters is 1. The van der Waals surface area contributed by atoms with Crippen molar-refractivity contribution in [2.75, 3.05) is 32.1 Å². The van der Waals surface area contributed by atoms with Crippen molar-refractivity contribution in [3.8, 4) is 0 Å². The second kappa shape index (κ2) is 23.7. The largest absolute Gasteiger partial charge is 0.460 e. The quantitative estimate of drug-likeness (QED) is 0.0795. The first-order valence-corrected chi connectivity index (χ1v) is 14.3. The van der Waals surface area contributed by atoms with Crippen LogP contribution in [0.2, 0.25) is 0 Å². The minimum Gasteiger partial charge on any atom is -0.460 e. The van der Waals surface area contributed by atoms with Gasteiger partial charge in [0.15, 0.2) is 0 Å². The van der Waals surface area contributed by atoms with E-state index < -0.39 is 0 Å². The van der Waals surface area contributed by atoms with Crippen molar-refractivity contribution in [3.05, 3.63) is 48.6 Å². The molecule has 0 rings (SSSR count). The van der Waals surface area contributed by atoms with Crippen LogP contribution >= 0.6 is 21.6 Å². The molecule has 31 heavy (non-hydrogen) atoms. The SMILES string of the molecule is CC/C=C/C/C=C/CCCSSCC(CN(C)C)OC(=O)CCC/C=C/C/C=C/CC. The van der Waals surface area contributed by atoms with Crippen LogP contribution in [-0.4, -0.2) is 49.1 Å². The minimum atomic E-state index is -0.0704. The molecule has 0 N–H and O–H groups in total. The van der Waals surface area contributed by atoms with Gasteiger partial charge in [0.25, 0.3) is 0 Å². The summed E-state index contributed by atoms with van der Waals surface area (Å²) in [5.41, 5.74) is 0. The van der Waals surface area contributed by atoms with E-state index in [1.807, 2.05) is 35.7 Å². The molecule has 0 saturated carbocycles. The normalized spacial score (nSPS) is 13.5. The average molecular weight is 468 g/mol. The number of carbonyl (C=O) groups excluding carboxylic acids is 1. The van der Waals surface area contributed by atoms with E-state index in [0.717, 1.165) is 63.0 Å². The van der Waals surface area contributed by atoms with Gasteiger partial charge >= 0.3 is 5.97 Å². The molecular formula is C26H45NO2S2. The van der Waals surface area contributed by atoms with Crippen LogP contribution in [0, 0.1) is 0 Å². The zero-order chi connectivity index (χ0) is 23.0. The topological polar surface area (TPSA) is 29.5 Å². The standard InChI is InChI=1S/C26H45NO2S2/c1-5-7-9-11-13-15-17-19-21-26(28)29-25(23-27(3)4)24-31-30-22-20-18-16-14-12-10-8-6-2/h7-10,13-16,25H,5-6,11-12,17-24H2,1-4H3/b9-7+,10-8+,15-13+,16-14+. The van der Waals surface area contributed by atoms with Crippen molar-refractivity contribution in [3.63, 3.8) is 0 Å². The van der Waals surface area contributed by atoms with E-state index in [0.29, 0.717) is 6.42 Å². The number of likely N-dealkylation sites (N-methyl/N-ethyl adjacent to an activating group) is 1. The number of unbranched alkanes of at least 4 members (excludes halogenated alkanes) is 2. The molecule has 0 aromatic carbocycles. The molecule has 0 aliphatic heterocycles. The lowest BCUT2D eigenvalue weighted by Crippen LogP contribution is -2.32. The third kappa shape index (κ3) is 23.6. The molecule has 5 heteroatoms. The van der Waals surface area contributed by atoms with E-state index in [1.165, 1.54) is 6.42 Å². The number of hydrogen-bond donors (Lipinski definition) is 0. The first kappa shape index (κ1) is 30.1. The third-order valence-corrected chi connectivity index (χ3v) is 6.77. The van der Waals surface area contributed by atoms with Gasteiger partial charge < -0.3 is 9.64 Å². The van der Waals surface area contributed by atoms with E-state index in [-0.39, 0.29) is 12.1 Å². The number of rotatable bonds is 20. The summed E-state index contributed by atoms with van der Waals surface area (Å²) < 4.78 is 5.75. The van der Waals surface area contributed by atoms with Crippen LogP contribution in [0.25, 0.3) is 0 Å². The van der Waals surface area contributed by atoms with Gasteiger partial charge in [-0.25, -0.2) is 0 Å². The summed E-state index contributed by atoms with van der Waals surface area (Å²) in [7, 11) is 7.76. The summed E-state index contributed by atoms with van der Waals surface area (Å²) in [6, 6.07) is 0. The average Bonchev–Trinajstić information content (AvgIpc) is 2.73. The van der Waals surface area contributed by atoms with Gasteiger partial charge in [0.2, 0.25) is 0 Å². The molecule has 1 atom stereocenters. The Labute approximate surface area is 200 Å². The highest BCUT2D eigenvalue weighted by Gasteiger charge is 2.15. The zero-order valence-corrected chi connectivity index (χ0v) is 21.9. The summed E-state index contributed by atoms with van der Waals surface area (Å²) in [5, 5.41) is 0. The highest BCUT2D eigenvalue weighted by molar-refractivity contribution is 8.76. The van der Waals surface area contributed by atoms with E-state index >= 15 is 0 Å². The highest BCUT2D eigenvalue weighted by Crippen LogP contribution is 2.24. The van der Waals surface area contributed by atoms with Crippen LogP contribution in [-0.2, 0) is 9.53 Å². The summed E-state index contributed by atoms with van der Waals surface area (Å²) in [6.45, 7) is 5.07. The van der Waals surface area contributed by atoms with Crippen LogP contribution in [0.5, 0.6) is 0 Å². The first-order valence-electron chi connectivity index (χ1n) is 11.8. The van der Waals surface area contributed by atoms with Gasteiger partial charge in [-0.3, -0.25) is 4.79 Å². The highest BCUT2D eigenvalue weighted by atomic mass is 33.1. The van der Waals surface area contributed by atoms with E-state index in [1.54, 1.807) is 0 Å². The van der Waals surface area contributed by atoms with Crippen molar-refractivity contribution in [1.29, 1.82) is 0 Å². The Balaban J connectivity index is 3.93. The molecule has 0 aromatic rings. The zero-order valence-electron chi connectivity index (χ0n) is 20.3. The lowest BCUT2D eigenvalue weighted by atomic mass is 10.2. The van der Waals surface area contributed by atoms with Crippen molar-refractivity contribution in [2.24, 2.45) is 0 Å². The Bertz CT molecular complexity index is 528. The molecule has 0 spiro atoms. The molecule has 1 unspecified atom stereocenters. The fourth-order valence-corrected chi connectivity index (χ4v) is 4.97. The van der Waals surface area contributed by atoms with E-state index in [9.17, 15) is 4.79 Å². The number of allylic oxidation sites excluding steroid dienone is 8. The summed E-state index contributed by atoms with van der Waals surface area (Å²) in [4.78, 5) is 14.3. The lowest BCUT2D eigenvalue weighted by Gasteiger charge is -2.21. The Kier molecular flexibility index (Phi) is 23.0. The first-order chi connectivity index (χ1) is 15.1. The maximum Gasteiger partial charge on any atom is 0.306 e. The van der Waals surface area contributed by atoms with Crippen LogP contribution in [0.4, 0.5) is 0 Å². The molecule has 0 heterocycles. The van der Waals surface area contributed by atoms with Gasteiger partial charge in [0.05, 0.1) is 0 Å². The van der Waals surface area contributed by atoms with Gasteiger partial charge in [0, 0.05) is 24.5 Å². The van der Waals surface area contributed by atoms with Crippen LogP contribution in [0.1, 0.15) is 71.6 Å². The Morgan fingerprint density at radius 1 is 0.839 bits per heavy atom. The third-order valence-electron chi connectivity index (χ3n) is 4.24. The predicted octanol–water partition coefficient (Wildman–Crippen LogP) is 7.62. The Morgan fingerprint density at radius 3 is 2.00 bits per heavy atom. The maximum atomic E-state index is 12.2. The number of hydrogen-bond acceptors (Lipinski definition) is 5. The molecular weight excluding hydrogens is 422 g/mol. The van der Waals surface area contributed by atoms with Gasteiger partial charge in [-0.15, -0.1) is 0 Å². The summed E-state index contributed by atoms with van der Waals surface area (Å²) in [5.74, 6) is 1.90. The molecule has 178 valence electrons. The fraction of sp³-hybridized carbons (Fsp3) is 0.654. The molecule has 0 fully saturated rings. The van der Waals surface area contributed by atoms with Gasteiger partial charge in [-0.05, 0) is 65.5 Å². The molecule has 0 amide bonds. The Hall–Kier alpha value is -0.910. The van der Waals surface area contributed by atoms with Crippen LogP contribution < -0.4 is 0 Å². The second-order valence-corrected chi connectivity index (χ2v) is 10.3. The number of ether oxygens (including phenoxy) is 1. The van der Waals surface area contributed by atoms with Crippen molar-refractivity contribution >= 4 is 27.6 Å². The molecule has 0 aliphatic carbocycles. The molecule has 0 bridgehead atoms. The molecule has 0 aliphatic rings. The van der Waals surface area contributed by atoms with Gasteiger partial charge in [-0.2, -0.15) is 0 Å². The van der Waals surface area contributed by atoms with E-state index in [4.69, 9.17) is 4.74 Å². The number of carbonyl (C=O) groups is 1. The van der Waals surface area contributed by atoms with Gasteiger partial charge in [-0.1, -0.05) is 84.0 Å². The Morgan fingerprint density at radius 2 is 1.42 bits per heavy atom. The second-order valence-electron chi connectivity index (χ2n) is 7.69. The lowest BCUT2D eigenvalue weighted by molar-refractivity contribution is -0.148. The molecule has 0 aromatic heterocycles. The molecule has 0 radical (unpaired) electrons. The number of nitrogens with zero attached hydrogens (tertiary/aromatic N) is 1. The summed E-state index contributed by atoms with van der Waals surface area (Å²) >= 11 is 0. The fourth-order valence-electron chi connectivity index (χ4n) is 2.69. The van der Waals surface area contributed by atoms with Crippen molar-refractivity contribution < 1.29 is 9.53 Å². The smallest absolute Gasteiger partial charge is 0.306 e. The maximum absolute atomic E-state index is 12.2. The van der Waals surface area contributed by atoms with Gasteiger partial charge in [0.1, 0.15) is 6.10 Å². The predicted molar refractivity (Wildman–Crippen MR) is 143 cm³/mol. The molecule has 0 saturated heterocycles. The van der Waals surface area contributed by atoms with Crippen molar-refractivity contribution in [2.45, 2.75) is 77.7 Å².